The number of oxazole rings is 1. The van der Waals surface area contributed by atoms with Crippen LogP contribution in [-0.4, -0.2) is 26.3 Å². The fourth-order valence-corrected chi connectivity index (χ4v) is 3.02. The van der Waals surface area contributed by atoms with E-state index in [4.69, 9.17) is 4.42 Å². The highest BCUT2D eigenvalue weighted by Gasteiger charge is 2.17. The average molecular weight is 455 g/mol. The molecule has 2 aromatic carbocycles. The third-order valence-corrected chi connectivity index (χ3v) is 4.62. The van der Waals surface area contributed by atoms with Crippen LogP contribution in [-0.2, 0) is 11.2 Å². The molecule has 0 radical (unpaired) electrons. The van der Waals surface area contributed by atoms with E-state index in [1.807, 2.05) is 0 Å². The summed E-state index contributed by atoms with van der Waals surface area (Å²) in [6.45, 7) is 0. The van der Waals surface area contributed by atoms with Crippen LogP contribution >= 0.6 is 0 Å². The van der Waals surface area contributed by atoms with Gasteiger partial charge in [0.25, 0.3) is 5.91 Å². The highest BCUT2D eigenvalue weighted by atomic mass is 19.1. The number of halogens is 3. The molecule has 168 valence electrons. The molecule has 0 aliphatic carbocycles. The maximum absolute atomic E-state index is 13.9. The standard InChI is InChI=1S/C22H16F3N5O3/c23-13-4-6-14(7-5-13)30-12-26-10-17(30)22(32)29-28-19(31)8-9-20-27-11-18(33-20)21-15(24)2-1-3-16(21)25/h1-7,10-12H,8-9H2,(H,28,31)(H,29,32). The van der Waals surface area contributed by atoms with Gasteiger partial charge in [-0.2, -0.15) is 0 Å². The first-order valence-electron chi connectivity index (χ1n) is 9.69. The largest absolute Gasteiger partial charge is 0.441 e. The number of aryl methyl sites for hydroxylation is 1. The second-order valence-electron chi connectivity index (χ2n) is 6.84. The van der Waals surface area contributed by atoms with Crippen molar-refractivity contribution in [1.29, 1.82) is 0 Å². The fourth-order valence-electron chi connectivity index (χ4n) is 3.02. The Morgan fingerprint density at radius 3 is 2.42 bits per heavy atom. The summed E-state index contributed by atoms with van der Waals surface area (Å²) in [6, 6.07) is 8.86. The zero-order valence-corrected chi connectivity index (χ0v) is 16.9. The number of hydrogen-bond acceptors (Lipinski definition) is 5. The van der Waals surface area contributed by atoms with Crippen LogP contribution in [0.25, 0.3) is 17.0 Å². The van der Waals surface area contributed by atoms with Gasteiger partial charge in [-0.3, -0.25) is 25.0 Å². The molecule has 0 unspecified atom stereocenters. The third kappa shape index (κ3) is 4.92. The molecule has 2 heterocycles. The van der Waals surface area contributed by atoms with E-state index in [-0.39, 0.29) is 35.7 Å². The van der Waals surface area contributed by atoms with Crippen molar-refractivity contribution in [3.63, 3.8) is 0 Å². The Balaban J connectivity index is 1.32. The number of aromatic nitrogens is 3. The number of rotatable bonds is 6. The van der Waals surface area contributed by atoms with Crippen molar-refractivity contribution in [2.24, 2.45) is 0 Å². The van der Waals surface area contributed by atoms with Gasteiger partial charge in [-0.05, 0) is 36.4 Å². The number of hydrogen-bond donors (Lipinski definition) is 2. The van der Waals surface area contributed by atoms with E-state index >= 15 is 0 Å². The number of nitrogens with zero attached hydrogens (tertiary/aromatic N) is 3. The van der Waals surface area contributed by atoms with E-state index in [1.165, 1.54) is 53.6 Å². The lowest BCUT2D eigenvalue weighted by Gasteiger charge is -2.09. The molecule has 2 amide bonds. The summed E-state index contributed by atoms with van der Waals surface area (Å²) in [4.78, 5) is 32.3. The lowest BCUT2D eigenvalue weighted by Crippen LogP contribution is -2.42. The summed E-state index contributed by atoms with van der Waals surface area (Å²) in [5, 5.41) is 0. The third-order valence-electron chi connectivity index (χ3n) is 4.62. The Morgan fingerprint density at radius 2 is 1.70 bits per heavy atom. The van der Waals surface area contributed by atoms with Crippen molar-refractivity contribution in [3.8, 4) is 17.0 Å². The number of amides is 2. The molecular formula is C22H16F3N5O3. The molecule has 0 fully saturated rings. The first kappa shape index (κ1) is 21.8. The van der Waals surface area contributed by atoms with Crippen molar-refractivity contribution < 1.29 is 27.2 Å². The molecule has 33 heavy (non-hydrogen) atoms. The van der Waals surface area contributed by atoms with Gasteiger partial charge in [0.2, 0.25) is 5.91 Å². The van der Waals surface area contributed by atoms with E-state index in [0.29, 0.717) is 5.69 Å². The van der Waals surface area contributed by atoms with Gasteiger partial charge in [0.05, 0.1) is 24.3 Å². The van der Waals surface area contributed by atoms with E-state index in [1.54, 1.807) is 0 Å². The van der Waals surface area contributed by atoms with E-state index in [9.17, 15) is 22.8 Å². The maximum atomic E-state index is 13.9. The van der Waals surface area contributed by atoms with Crippen LogP contribution < -0.4 is 10.9 Å². The van der Waals surface area contributed by atoms with E-state index < -0.39 is 29.3 Å². The van der Waals surface area contributed by atoms with Gasteiger partial charge in [-0.1, -0.05) is 6.07 Å². The molecule has 8 nitrogen and oxygen atoms in total. The second-order valence-corrected chi connectivity index (χ2v) is 6.84. The monoisotopic (exact) mass is 455 g/mol. The van der Waals surface area contributed by atoms with Gasteiger partial charge in [0.1, 0.15) is 23.1 Å². The topological polar surface area (TPSA) is 102 Å². The summed E-state index contributed by atoms with van der Waals surface area (Å²) in [5.41, 5.74) is 4.81. The van der Waals surface area contributed by atoms with Crippen LogP contribution in [0.5, 0.6) is 0 Å². The molecule has 0 saturated carbocycles. The van der Waals surface area contributed by atoms with E-state index in [0.717, 1.165) is 12.1 Å². The average Bonchev–Trinajstić information content (AvgIpc) is 3.47. The van der Waals surface area contributed by atoms with Crippen LogP contribution in [0.1, 0.15) is 22.8 Å². The number of imidazole rings is 1. The van der Waals surface area contributed by atoms with Crippen LogP contribution in [0.4, 0.5) is 13.2 Å². The first-order chi connectivity index (χ1) is 15.9. The Morgan fingerprint density at radius 1 is 0.970 bits per heavy atom. The number of benzene rings is 2. The summed E-state index contributed by atoms with van der Waals surface area (Å²) in [6.07, 6.45) is 3.76. The normalized spacial score (nSPS) is 10.8. The smallest absolute Gasteiger partial charge is 0.288 e. The van der Waals surface area contributed by atoms with Crippen LogP contribution in [0.3, 0.4) is 0 Å². The summed E-state index contributed by atoms with van der Waals surface area (Å²) in [7, 11) is 0. The lowest BCUT2D eigenvalue weighted by molar-refractivity contribution is -0.121. The fraction of sp³-hybridized carbons (Fsp3) is 0.0909. The van der Waals surface area contributed by atoms with Crippen LogP contribution in [0.15, 0.2) is 65.6 Å². The predicted octanol–water partition coefficient (Wildman–Crippen LogP) is 3.34. The maximum Gasteiger partial charge on any atom is 0.288 e. The van der Waals surface area contributed by atoms with Crippen molar-refractivity contribution >= 4 is 11.8 Å². The second kappa shape index (κ2) is 9.39. The highest BCUT2D eigenvalue weighted by Crippen LogP contribution is 2.26. The Bertz CT molecular complexity index is 1280. The van der Waals surface area contributed by atoms with Gasteiger partial charge in [-0.15, -0.1) is 0 Å². The van der Waals surface area contributed by atoms with Crippen molar-refractivity contribution in [3.05, 3.63) is 90.2 Å². The number of carbonyl (C=O) groups excluding carboxylic acids is 2. The van der Waals surface area contributed by atoms with Gasteiger partial charge in [0.15, 0.2) is 11.7 Å². The lowest BCUT2D eigenvalue weighted by atomic mass is 10.1. The highest BCUT2D eigenvalue weighted by molar-refractivity contribution is 5.94. The molecule has 0 spiro atoms. The van der Waals surface area contributed by atoms with Crippen LogP contribution in [0.2, 0.25) is 0 Å². The molecule has 0 aliphatic heterocycles. The minimum atomic E-state index is -0.793. The molecule has 0 atom stereocenters. The van der Waals surface area contributed by atoms with Gasteiger partial charge in [-0.25, -0.2) is 23.1 Å². The molecular weight excluding hydrogens is 439 g/mol. The molecule has 2 aromatic heterocycles. The van der Waals surface area contributed by atoms with Crippen molar-refractivity contribution in [1.82, 2.24) is 25.4 Å². The number of nitrogens with one attached hydrogen (secondary N) is 2. The first-order valence-corrected chi connectivity index (χ1v) is 9.69. The summed E-state index contributed by atoms with van der Waals surface area (Å²) in [5.74, 6) is -3.19. The Kier molecular flexibility index (Phi) is 6.20. The Hall–Kier alpha value is -4.41. The van der Waals surface area contributed by atoms with Gasteiger partial charge < -0.3 is 4.42 Å². The van der Waals surface area contributed by atoms with E-state index in [2.05, 4.69) is 20.8 Å². The molecule has 4 aromatic rings. The van der Waals surface area contributed by atoms with Crippen molar-refractivity contribution in [2.45, 2.75) is 12.8 Å². The van der Waals surface area contributed by atoms with Crippen LogP contribution in [0, 0.1) is 17.5 Å². The minimum Gasteiger partial charge on any atom is -0.441 e. The number of hydrazine groups is 1. The van der Waals surface area contributed by atoms with Gasteiger partial charge >= 0.3 is 0 Å². The zero-order valence-electron chi connectivity index (χ0n) is 16.9. The predicted molar refractivity (Wildman–Crippen MR) is 109 cm³/mol. The zero-order chi connectivity index (χ0) is 23.4. The quantitative estimate of drug-likeness (QED) is 0.434. The SMILES string of the molecule is O=C(CCc1ncc(-c2c(F)cccc2F)o1)NNC(=O)c1cncn1-c1ccc(F)cc1. The Labute approximate surface area is 185 Å². The summed E-state index contributed by atoms with van der Waals surface area (Å²) < 4.78 is 47.6. The van der Waals surface area contributed by atoms with Gasteiger partial charge in [0, 0.05) is 18.5 Å². The minimum absolute atomic E-state index is 0.0330. The molecule has 4 rings (SSSR count). The molecule has 0 saturated heterocycles. The van der Waals surface area contributed by atoms with Crippen molar-refractivity contribution in [2.75, 3.05) is 0 Å². The molecule has 2 N–H and O–H groups in total. The molecule has 0 bridgehead atoms. The summed E-state index contributed by atoms with van der Waals surface area (Å²) >= 11 is 0. The molecule has 0 aliphatic rings. The molecule has 11 heteroatoms. The number of carbonyl (C=O) groups is 2.